The Bertz CT molecular complexity index is 332. The summed E-state index contributed by atoms with van der Waals surface area (Å²) in [4.78, 5) is 14.3. The second-order valence-corrected chi connectivity index (χ2v) is 2.70. The van der Waals surface area contributed by atoms with Crippen LogP contribution in [-0.4, -0.2) is 11.1 Å². The lowest BCUT2D eigenvalue weighted by Gasteiger charge is -2.03. The fraction of sp³-hybridized carbons (Fsp3) is 0. The highest BCUT2D eigenvalue weighted by molar-refractivity contribution is 6.33. The lowest BCUT2D eigenvalue weighted by molar-refractivity contribution is 0.200. The zero-order chi connectivity index (χ0) is 9.84. The van der Waals surface area contributed by atoms with E-state index in [-0.39, 0.29) is 16.1 Å². The van der Waals surface area contributed by atoms with E-state index < -0.39 is 6.09 Å². The Labute approximate surface area is 83.8 Å². The third kappa shape index (κ3) is 2.73. The monoisotopic (exact) mass is 221 g/mol. The van der Waals surface area contributed by atoms with E-state index in [0.717, 1.165) is 0 Å². The van der Waals surface area contributed by atoms with Gasteiger partial charge in [-0.2, -0.15) is 0 Å². The molecule has 0 aromatic carbocycles. The van der Waals surface area contributed by atoms with Crippen molar-refractivity contribution in [2.75, 3.05) is 0 Å². The van der Waals surface area contributed by atoms with Crippen molar-refractivity contribution in [3.05, 3.63) is 22.4 Å². The molecule has 0 atom stereocenters. The van der Waals surface area contributed by atoms with Crippen molar-refractivity contribution >= 4 is 29.3 Å². The van der Waals surface area contributed by atoms with Gasteiger partial charge in [0, 0.05) is 0 Å². The SMILES string of the molecule is NNC(=O)Oc1ccc(Cl)nc1Cl. The van der Waals surface area contributed by atoms with Crippen LogP contribution in [0.2, 0.25) is 10.3 Å². The number of nitrogens with one attached hydrogen (secondary N) is 1. The molecule has 0 aliphatic carbocycles. The van der Waals surface area contributed by atoms with E-state index in [4.69, 9.17) is 29.0 Å². The molecule has 1 rings (SSSR count). The molecule has 0 spiro atoms. The van der Waals surface area contributed by atoms with Gasteiger partial charge in [-0.1, -0.05) is 23.2 Å². The second-order valence-electron chi connectivity index (χ2n) is 1.96. The number of pyridine rings is 1. The van der Waals surface area contributed by atoms with Gasteiger partial charge in [0.05, 0.1) is 0 Å². The van der Waals surface area contributed by atoms with Crippen molar-refractivity contribution in [3.8, 4) is 5.75 Å². The number of carbonyl (C=O) groups excluding carboxylic acids is 1. The number of hydrogen-bond donors (Lipinski definition) is 2. The fourth-order valence-electron chi connectivity index (χ4n) is 0.605. The number of rotatable bonds is 1. The Morgan fingerprint density at radius 1 is 1.54 bits per heavy atom. The number of carbonyl (C=O) groups is 1. The van der Waals surface area contributed by atoms with E-state index >= 15 is 0 Å². The first-order valence-corrected chi connectivity index (χ1v) is 3.89. The normalized spacial score (nSPS) is 9.46. The minimum absolute atomic E-state index is 0.00361. The number of ether oxygens (including phenoxy) is 1. The van der Waals surface area contributed by atoms with E-state index in [9.17, 15) is 4.79 Å². The van der Waals surface area contributed by atoms with Gasteiger partial charge < -0.3 is 4.74 Å². The summed E-state index contributed by atoms with van der Waals surface area (Å²) in [6.07, 6.45) is -0.828. The summed E-state index contributed by atoms with van der Waals surface area (Å²) in [7, 11) is 0. The summed E-state index contributed by atoms with van der Waals surface area (Å²) < 4.78 is 4.62. The number of nitrogens with zero attached hydrogens (tertiary/aromatic N) is 1. The van der Waals surface area contributed by atoms with Gasteiger partial charge in [0.25, 0.3) is 0 Å². The summed E-state index contributed by atoms with van der Waals surface area (Å²) >= 11 is 11.1. The minimum atomic E-state index is -0.828. The maximum absolute atomic E-state index is 10.6. The first kappa shape index (κ1) is 10.0. The summed E-state index contributed by atoms with van der Waals surface area (Å²) in [5.74, 6) is 4.88. The number of hydrazine groups is 1. The minimum Gasteiger partial charge on any atom is -0.406 e. The molecule has 1 heterocycles. The average Bonchev–Trinajstić information content (AvgIpc) is 2.09. The smallest absolute Gasteiger partial charge is 0.406 e. The van der Waals surface area contributed by atoms with Gasteiger partial charge in [-0.05, 0) is 12.1 Å². The standard InChI is InChI=1S/C6H5Cl2N3O2/c7-4-2-1-3(5(8)10-4)13-6(12)11-9/h1-2H,9H2,(H,11,12). The van der Waals surface area contributed by atoms with Crippen molar-refractivity contribution < 1.29 is 9.53 Å². The molecule has 70 valence electrons. The molecular formula is C6H5Cl2N3O2. The van der Waals surface area contributed by atoms with E-state index in [0.29, 0.717) is 0 Å². The highest BCUT2D eigenvalue weighted by Crippen LogP contribution is 2.23. The third-order valence-corrected chi connectivity index (χ3v) is 1.58. The molecule has 0 radical (unpaired) electrons. The van der Waals surface area contributed by atoms with Gasteiger partial charge >= 0.3 is 6.09 Å². The van der Waals surface area contributed by atoms with Crippen LogP contribution in [0.1, 0.15) is 0 Å². The molecule has 0 saturated carbocycles. The Morgan fingerprint density at radius 3 is 2.77 bits per heavy atom. The predicted molar refractivity (Wildman–Crippen MR) is 47.6 cm³/mol. The quantitative estimate of drug-likeness (QED) is 0.325. The maximum Gasteiger partial charge on any atom is 0.426 e. The zero-order valence-electron chi connectivity index (χ0n) is 6.25. The Balaban J connectivity index is 2.83. The summed E-state index contributed by atoms with van der Waals surface area (Å²) in [5.41, 5.74) is 1.77. The van der Waals surface area contributed by atoms with Gasteiger partial charge in [-0.15, -0.1) is 0 Å². The third-order valence-electron chi connectivity index (χ3n) is 1.10. The predicted octanol–water partition coefficient (Wildman–Crippen LogP) is 1.35. The van der Waals surface area contributed by atoms with Gasteiger partial charge in [0.2, 0.25) is 0 Å². The number of amides is 1. The molecule has 1 aromatic heterocycles. The van der Waals surface area contributed by atoms with Gasteiger partial charge in [-0.3, -0.25) is 5.43 Å². The maximum atomic E-state index is 10.6. The topological polar surface area (TPSA) is 77.2 Å². The van der Waals surface area contributed by atoms with E-state index in [1.165, 1.54) is 12.1 Å². The first-order valence-electron chi connectivity index (χ1n) is 3.14. The number of halogens is 2. The fourth-order valence-corrected chi connectivity index (χ4v) is 0.988. The van der Waals surface area contributed by atoms with Gasteiger partial charge in [0.1, 0.15) is 5.15 Å². The van der Waals surface area contributed by atoms with Crippen LogP contribution in [0.15, 0.2) is 12.1 Å². The summed E-state index contributed by atoms with van der Waals surface area (Å²) in [6, 6.07) is 2.85. The van der Waals surface area contributed by atoms with Gasteiger partial charge in [-0.25, -0.2) is 15.6 Å². The van der Waals surface area contributed by atoms with Crippen molar-refractivity contribution in [3.63, 3.8) is 0 Å². The van der Waals surface area contributed by atoms with Crippen molar-refractivity contribution in [2.45, 2.75) is 0 Å². The molecule has 0 bridgehead atoms. The van der Waals surface area contributed by atoms with Crippen molar-refractivity contribution in [1.29, 1.82) is 0 Å². The lowest BCUT2D eigenvalue weighted by atomic mass is 10.5. The van der Waals surface area contributed by atoms with E-state index in [2.05, 4.69) is 9.72 Å². The Hall–Kier alpha value is -1.04. The van der Waals surface area contributed by atoms with Crippen LogP contribution in [0.3, 0.4) is 0 Å². The van der Waals surface area contributed by atoms with Crippen LogP contribution >= 0.6 is 23.2 Å². The van der Waals surface area contributed by atoms with Crippen LogP contribution in [-0.2, 0) is 0 Å². The molecule has 3 N–H and O–H groups in total. The van der Waals surface area contributed by atoms with E-state index in [1.54, 1.807) is 5.43 Å². The van der Waals surface area contributed by atoms with Crippen LogP contribution in [0.25, 0.3) is 0 Å². The zero-order valence-corrected chi connectivity index (χ0v) is 7.76. The molecule has 0 saturated heterocycles. The molecule has 1 aromatic rings. The molecule has 13 heavy (non-hydrogen) atoms. The summed E-state index contributed by atoms with van der Waals surface area (Å²) in [6.45, 7) is 0. The lowest BCUT2D eigenvalue weighted by Crippen LogP contribution is -2.32. The molecule has 0 aliphatic rings. The molecule has 7 heteroatoms. The molecule has 0 aliphatic heterocycles. The molecule has 0 unspecified atom stereocenters. The van der Waals surface area contributed by atoms with Gasteiger partial charge in [0.15, 0.2) is 10.9 Å². The first-order chi connectivity index (χ1) is 6.13. The van der Waals surface area contributed by atoms with Crippen molar-refractivity contribution in [2.24, 2.45) is 5.84 Å². The van der Waals surface area contributed by atoms with Crippen LogP contribution in [0.4, 0.5) is 4.79 Å². The molecule has 1 amide bonds. The van der Waals surface area contributed by atoms with Crippen LogP contribution < -0.4 is 16.0 Å². The highest BCUT2D eigenvalue weighted by Gasteiger charge is 2.07. The number of hydrogen-bond acceptors (Lipinski definition) is 4. The van der Waals surface area contributed by atoms with E-state index in [1.807, 2.05) is 0 Å². The number of aromatic nitrogens is 1. The van der Waals surface area contributed by atoms with Crippen molar-refractivity contribution in [1.82, 2.24) is 10.4 Å². The largest absolute Gasteiger partial charge is 0.426 e. The van der Waals surface area contributed by atoms with Crippen LogP contribution in [0.5, 0.6) is 5.75 Å². The highest BCUT2D eigenvalue weighted by atomic mass is 35.5. The Kier molecular flexibility index (Phi) is 3.30. The molecular weight excluding hydrogens is 217 g/mol. The number of nitrogens with two attached hydrogens (primary N) is 1. The average molecular weight is 222 g/mol. The molecule has 0 fully saturated rings. The second kappa shape index (κ2) is 4.27. The van der Waals surface area contributed by atoms with Crippen LogP contribution in [0, 0.1) is 0 Å². The molecule has 5 nitrogen and oxygen atoms in total. The Morgan fingerprint density at radius 2 is 2.23 bits per heavy atom. The summed E-state index contributed by atoms with van der Waals surface area (Å²) in [5, 5.41) is 0.210.